The summed E-state index contributed by atoms with van der Waals surface area (Å²) in [5.74, 6) is -0.558. The first-order chi connectivity index (χ1) is 11.0. The van der Waals surface area contributed by atoms with E-state index in [4.69, 9.17) is 23.2 Å². The highest BCUT2D eigenvalue weighted by Gasteiger charge is 2.07. The number of aromatic nitrogens is 3. The van der Waals surface area contributed by atoms with E-state index in [-0.39, 0.29) is 10.8 Å². The van der Waals surface area contributed by atoms with Gasteiger partial charge >= 0.3 is 5.69 Å². The molecule has 0 aliphatic heterocycles. The summed E-state index contributed by atoms with van der Waals surface area (Å²) in [6.07, 6.45) is 1.37. The number of hydrogen-bond acceptors (Lipinski definition) is 6. The van der Waals surface area contributed by atoms with Gasteiger partial charge in [-0.05, 0) is 12.1 Å². The Balaban J connectivity index is 1.88. The van der Waals surface area contributed by atoms with Crippen LogP contribution in [0.25, 0.3) is 0 Å². The standard InChI is InChI=1S/C12H9Cl2N5O3S/c13-7-2-1-6(8(14)3-7)4-15-17-9(20)5-23-11-10(21)16-12(22)19-18-11/h1-4H,5H2,(H,17,20)(H2,16,19,21,22)/b15-4+. The zero-order valence-electron chi connectivity index (χ0n) is 11.3. The number of nitrogens with one attached hydrogen (secondary N) is 3. The van der Waals surface area contributed by atoms with Crippen LogP contribution in [0.3, 0.4) is 0 Å². The largest absolute Gasteiger partial charge is 0.342 e. The second kappa shape index (κ2) is 7.95. The number of aromatic amines is 2. The van der Waals surface area contributed by atoms with E-state index in [0.717, 1.165) is 11.8 Å². The molecule has 8 nitrogen and oxygen atoms in total. The fraction of sp³-hybridized carbons (Fsp3) is 0.0833. The molecule has 0 spiro atoms. The highest BCUT2D eigenvalue weighted by atomic mass is 35.5. The molecule has 1 aromatic heterocycles. The highest BCUT2D eigenvalue weighted by Crippen LogP contribution is 2.19. The van der Waals surface area contributed by atoms with Gasteiger partial charge in [0.05, 0.1) is 17.0 Å². The number of thioether (sulfide) groups is 1. The molecule has 120 valence electrons. The third kappa shape index (κ3) is 5.23. The van der Waals surface area contributed by atoms with Gasteiger partial charge in [-0.25, -0.2) is 15.3 Å². The molecule has 0 radical (unpaired) electrons. The lowest BCUT2D eigenvalue weighted by Crippen LogP contribution is -2.26. The van der Waals surface area contributed by atoms with Gasteiger partial charge < -0.3 is 0 Å². The number of carbonyl (C=O) groups is 1. The maximum Gasteiger partial charge on any atom is 0.342 e. The maximum absolute atomic E-state index is 11.6. The van der Waals surface area contributed by atoms with Crippen molar-refractivity contribution in [3.63, 3.8) is 0 Å². The van der Waals surface area contributed by atoms with Gasteiger partial charge in [0.25, 0.3) is 5.56 Å². The van der Waals surface area contributed by atoms with Crippen molar-refractivity contribution in [1.82, 2.24) is 20.6 Å². The average Bonchev–Trinajstić information content (AvgIpc) is 2.48. The van der Waals surface area contributed by atoms with E-state index in [1.54, 1.807) is 18.2 Å². The van der Waals surface area contributed by atoms with Crippen LogP contribution < -0.4 is 16.7 Å². The lowest BCUT2D eigenvalue weighted by molar-refractivity contribution is -0.118. The molecule has 2 aromatic rings. The summed E-state index contributed by atoms with van der Waals surface area (Å²) in [5, 5.41) is 10.2. The molecule has 0 atom stereocenters. The predicted octanol–water partition coefficient (Wildman–Crippen LogP) is 1.01. The Kier molecular flexibility index (Phi) is 5.97. The molecule has 11 heteroatoms. The van der Waals surface area contributed by atoms with Gasteiger partial charge in [0.1, 0.15) is 0 Å². The van der Waals surface area contributed by atoms with Crippen molar-refractivity contribution in [2.75, 3.05) is 5.75 Å². The van der Waals surface area contributed by atoms with Crippen molar-refractivity contribution in [3.05, 3.63) is 54.6 Å². The molecule has 3 N–H and O–H groups in total. The van der Waals surface area contributed by atoms with Gasteiger partial charge in [0, 0.05) is 10.6 Å². The number of nitrogens with zero attached hydrogens (tertiary/aromatic N) is 2. The molecule has 2 rings (SSSR count). The normalized spacial score (nSPS) is 10.9. The number of amides is 1. The average molecular weight is 374 g/mol. The predicted molar refractivity (Wildman–Crippen MR) is 88.4 cm³/mol. The Morgan fingerprint density at radius 2 is 2.17 bits per heavy atom. The van der Waals surface area contributed by atoms with Crippen molar-refractivity contribution in [3.8, 4) is 0 Å². The second-order valence-corrected chi connectivity index (χ2v) is 5.87. The number of H-pyrrole nitrogens is 2. The molecule has 1 aromatic carbocycles. The van der Waals surface area contributed by atoms with Crippen LogP contribution in [0, 0.1) is 0 Å². The van der Waals surface area contributed by atoms with Crippen LogP contribution in [0.5, 0.6) is 0 Å². The van der Waals surface area contributed by atoms with Gasteiger partial charge in [-0.2, -0.15) is 10.2 Å². The Bertz CT molecular complexity index is 864. The van der Waals surface area contributed by atoms with Gasteiger partial charge in [-0.3, -0.25) is 14.6 Å². The molecular formula is C12H9Cl2N5O3S. The lowest BCUT2D eigenvalue weighted by Gasteiger charge is -2.00. The second-order valence-electron chi connectivity index (χ2n) is 4.06. The SMILES string of the molecule is O=C(CSc1n[nH]c(=O)[nH]c1=O)N/N=C/c1ccc(Cl)cc1Cl. The van der Waals surface area contributed by atoms with Crippen LogP contribution in [-0.2, 0) is 4.79 Å². The number of halogens is 2. The number of carbonyl (C=O) groups excluding carboxylic acids is 1. The molecule has 1 amide bonds. The molecule has 0 bridgehead atoms. The van der Waals surface area contributed by atoms with E-state index in [1.807, 2.05) is 4.98 Å². The van der Waals surface area contributed by atoms with Crippen LogP contribution in [0.4, 0.5) is 0 Å². The smallest absolute Gasteiger partial charge is 0.272 e. The van der Waals surface area contributed by atoms with Gasteiger partial charge in [-0.1, -0.05) is 41.0 Å². The molecule has 23 heavy (non-hydrogen) atoms. The number of rotatable bonds is 5. The molecule has 0 aliphatic rings. The zero-order chi connectivity index (χ0) is 16.8. The Hall–Kier alpha value is -2.10. The molecular weight excluding hydrogens is 365 g/mol. The monoisotopic (exact) mass is 373 g/mol. The van der Waals surface area contributed by atoms with E-state index in [9.17, 15) is 14.4 Å². The molecule has 0 unspecified atom stereocenters. The number of benzene rings is 1. The molecule has 1 heterocycles. The van der Waals surface area contributed by atoms with E-state index in [0.29, 0.717) is 15.6 Å². The first-order valence-electron chi connectivity index (χ1n) is 6.04. The van der Waals surface area contributed by atoms with Gasteiger partial charge in [0.2, 0.25) is 5.91 Å². The summed E-state index contributed by atoms with van der Waals surface area (Å²) in [6.45, 7) is 0. The topological polar surface area (TPSA) is 120 Å². The maximum atomic E-state index is 11.6. The number of hydrogen-bond donors (Lipinski definition) is 3. The fourth-order valence-corrected chi connectivity index (χ4v) is 2.46. The molecule has 0 aliphatic carbocycles. The van der Waals surface area contributed by atoms with E-state index >= 15 is 0 Å². The van der Waals surface area contributed by atoms with Crippen molar-refractivity contribution < 1.29 is 4.79 Å². The van der Waals surface area contributed by atoms with Crippen molar-refractivity contribution in [2.24, 2.45) is 5.10 Å². The first kappa shape index (κ1) is 17.3. The minimum atomic E-state index is -0.715. The third-order valence-corrected chi connectivity index (χ3v) is 3.89. The first-order valence-corrected chi connectivity index (χ1v) is 7.78. The van der Waals surface area contributed by atoms with Crippen molar-refractivity contribution in [2.45, 2.75) is 5.03 Å². The Labute approximate surface area is 143 Å². The summed E-state index contributed by atoms with van der Waals surface area (Å²) in [5.41, 5.74) is 1.49. The van der Waals surface area contributed by atoms with Crippen molar-refractivity contribution in [1.29, 1.82) is 0 Å². The summed E-state index contributed by atoms with van der Waals surface area (Å²) in [7, 11) is 0. The summed E-state index contributed by atoms with van der Waals surface area (Å²) in [4.78, 5) is 35.8. The van der Waals surface area contributed by atoms with Crippen LogP contribution in [-0.4, -0.2) is 33.1 Å². The van der Waals surface area contributed by atoms with Crippen LogP contribution in [0.2, 0.25) is 10.0 Å². The molecule has 0 fully saturated rings. The highest BCUT2D eigenvalue weighted by molar-refractivity contribution is 7.99. The summed E-state index contributed by atoms with van der Waals surface area (Å²) >= 11 is 12.6. The van der Waals surface area contributed by atoms with Crippen LogP contribution in [0.1, 0.15) is 5.56 Å². The Morgan fingerprint density at radius 3 is 2.87 bits per heavy atom. The van der Waals surface area contributed by atoms with Gasteiger partial charge in [0.15, 0.2) is 5.03 Å². The molecule has 0 saturated heterocycles. The minimum absolute atomic E-state index is 0.0236. The Morgan fingerprint density at radius 1 is 1.39 bits per heavy atom. The summed E-state index contributed by atoms with van der Waals surface area (Å²) in [6, 6.07) is 4.84. The number of hydrazone groups is 1. The van der Waals surface area contributed by atoms with Gasteiger partial charge in [-0.15, -0.1) is 0 Å². The molecule has 0 saturated carbocycles. The zero-order valence-corrected chi connectivity index (χ0v) is 13.6. The van der Waals surface area contributed by atoms with E-state index < -0.39 is 17.2 Å². The fourth-order valence-electron chi connectivity index (χ4n) is 1.38. The van der Waals surface area contributed by atoms with Crippen LogP contribution in [0.15, 0.2) is 37.9 Å². The van der Waals surface area contributed by atoms with Crippen LogP contribution >= 0.6 is 35.0 Å². The quantitative estimate of drug-likeness (QED) is 0.410. The lowest BCUT2D eigenvalue weighted by atomic mass is 10.2. The third-order valence-electron chi connectivity index (χ3n) is 2.38. The minimum Gasteiger partial charge on any atom is -0.272 e. The van der Waals surface area contributed by atoms with E-state index in [2.05, 4.69) is 20.7 Å². The summed E-state index contributed by atoms with van der Waals surface area (Å²) < 4.78 is 0. The van der Waals surface area contributed by atoms with Crippen molar-refractivity contribution >= 4 is 47.1 Å². The van der Waals surface area contributed by atoms with E-state index in [1.165, 1.54) is 6.21 Å².